The number of nitrogens with zero attached hydrogens (tertiary/aromatic N) is 1. The first-order valence-electron chi connectivity index (χ1n) is 4.04. The quantitative estimate of drug-likeness (QED) is 0.845. The summed E-state index contributed by atoms with van der Waals surface area (Å²) in [4.78, 5) is 0. The molecule has 2 nitrogen and oxygen atoms in total. The zero-order valence-corrected chi connectivity index (χ0v) is 10.0. The van der Waals surface area contributed by atoms with Crippen molar-refractivity contribution in [2.24, 2.45) is 0 Å². The Balaban J connectivity index is 0.000000980. The van der Waals surface area contributed by atoms with Gasteiger partial charge >= 0.3 is 0 Å². The molecule has 0 saturated carbocycles. The highest BCUT2D eigenvalue weighted by atomic mass is 79.9. The lowest BCUT2D eigenvalue weighted by Gasteiger charge is -1.98. The smallest absolute Gasteiger partial charge is 0.0934 e. The van der Waals surface area contributed by atoms with Crippen LogP contribution in [0.2, 0.25) is 0 Å². The van der Waals surface area contributed by atoms with E-state index in [0.29, 0.717) is 0 Å². The molecule has 2 aromatic rings. The summed E-state index contributed by atoms with van der Waals surface area (Å²) >= 11 is 3.49. The normalized spacial score (nSPS) is 9.57. The molecule has 0 spiro atoms. The molecule has 0 aliphatic rings. The molecule has 1 aromatic heterocycles. The van der Waals surface area contributed by atoms with Crippen LogP contribution in [0.15, 0.2) is 34.8 Å². The van der Waals surface area contributed by atoms with Gasteiger partial charge in [0, 0.05) is 15.7 Å². The maximum atomic E-state index is 4.19. The topological polar surface area (TPSA) is 28.7 Å². The molecule has 4 heteroatoms. The van der Waals surface area contributed by atoms with Crippen molar-refractivity contribution in [2.45, 2.75) is 6.92 Å². The summed E-state index contributed by atoms with van der Waals surface area (Å²) in [6, 6.07) is 10.1. The van der Waals surface area contributed by atoms with Gasteiger partial charge in [0.1, 0.15) is 0 Å². The molecule has 1 heterocycles. The van der Waals surface area contributed by atoms with Crippen molar-refractivity contribution in [3.63, 3.8) is 0 Å². The fraction of sp³-hybridized carbons (Fsp3) is 0.100. The van der Waals surface area contributed by atoms with Crippen LogP contribution >= 0.6 is 28.3 Å². The maximum Gasteiger partial charge on any atom is 0.0934 e. The highest BCUT2D eigenvalue weighted by Crippen LogP contribution is 2.26. The molecule has 1 aromatic carbocycles. The zero-order chi connectivity index (χ0) is 9.26. The number of rotatable bonds is 1. The Morgan fingerprint density at radius 1 is 1.29 bits per heavy atom. The van der Waals surface area contributed by atoms with Gasteiger partial charge in [-0.3, -0.25) is 5.10 Å². The van der Waals surface area contributed by atoms with E-state index in [1.807, 2.05) is 37.3 Å². The molecule has 1 N–H and O–H groups in total. The lowest BCUT2D eigenvalue weighted by Crippen LogP contribution is -1.78. The summed E-state index contributed by atoms with van der Waals surface area (Å²) in [5.74, 6) is 0. The van der Waals surface area contributed by atoms with E-state index in [9.17, 15) is 0 Å². The van der Waals surface area contributed by atoms with Crippen LogP contribution < -0.4 is 0 Å². The first kappa shape index (κ1) is 11.3. The number of aromatic amines is 1. The summed E-state index contributed by atoms with van der Waals surface area (Å²) in [6.45, 7) is 1.99. The Morgan fingerprint density at radius 2 is 2.00 bits per heavy atom. The van der Waals surface area contributed by atoms with E-state index in [-0.39, 0.29) is 12.4 Å². The molecule has 0 atom stereocenters. The van der Waals surface area contributed by atoms with E-state index in [2.05, 4.69) is 26.1 Å². The maximum absolute atomic E-state index is 4.19. The van der Waals surface area contributed by atoms with Gasteiger partial charge < -0.3 is 0 Å². The summed E-state index contributed by atoms with van der Waals surface area (Å²) in [7, 11) is 0. The van der Waals surface area contributed by atoms with Crippen LogP contribution in [0.1, 0.15) is 5.69 Å². The van der Waals surface area contributed by atoms with Crippen LogP contribution in [-0.2, 0) is 0 Å². The van der Waals surface area contributed by atoms with Gasteiger partial charge in [-0.25, -0.2) is 0 Å². The lowest BCUT2D eigenvalue weighted by molar-refractivity contribution is 1.05. The third-order valence-electron chi connectivity index (χ3n) is 1.86. The molecule has 0 saturated heterocycles. The molecule has 0 aliphatic heterocycles. The average Bonchev–Trinajstić information content (AvgIpc) is 2.53. The number of aryl methyl sites for hydroxylation is 1. The van der Waals surface area contributed by atoms with Gasteiger partial charge in [-0.05, 0) is 19.1 Å². The predicted molar refractivity (Wildman–Crippen MR) is 63.7 cm³/mol. The van der Waals surface area contributed by atoms with Crippen molar-refractivity contribution in [1.29, 1.82) is 0 Å². The van der Waals surface area contributed by atoms with Gasteiger partial charge in [-0.2, -0.15) is 5.10 Å². The largest absolute Gasteiger partial charge is 0.282 e. The summed E-state index contributed by atoms with van der Waals surface area (Å²) in [5, 5.41) is 7.12. The van der Waals surface area contributed by atoms with Crippen molar-refractivity contribution in [3.05, 3.63) is 40.5 Å². The third-order valence-corrected chi connectivity index (χ3v) is 2.55. The van der Waals surface area contributed by atoms with Crippen molar-refractivity contribution in [2.75, 3.05) is 0 Å². The van der Waals surface area contributed by atoms with E-state index in [0.717, 1.165) is 21.4 Å². The van der Waals surface area contributed by atoms with Crippen molar-refractivity contribution in [1.82, 2.24) is 10.2 Å². The van der Waals surface area contributed by atoms with E-state index in [1.54, 1.807) is 0 Å². The second-order valence-corrected chi connectivity index (χ2v) is 3.77. The zero-order valence-electron chi connectivity index (χ0n) is 7.62. The molecule has 2 rings (SSSR count). The number of benzene rings is 1. The van der Waals surface area contributed by atoms with Crippen LogP contribution in [0.5, 0.6) is 0 Å². The minimum Gasteiger partial charge on any atom is -0.282 e. The Morgan fingerprint density at radius 3 is 2.57 bits per heavy atom. The summed E-state index contributed by atoms with van der Waals surface area (Å²) in [5.41, 5.74) is 3.17. The molecule has 0 unspecified atom stereocenters. The standard InChI is InChI=1S/C10H9BrN2.ClH/c1-7-6-10(13-12-7)8-4-2-3-5-9(8)11;/h2-6H,1H3,(H,12,13);1H. The highest BCUT2D eigenvalue weighted by Gasteiger charge is 2.04. The van der Waals surface area contributed by atoms with Crippen LogP contribution in [0.4, 0.5) is 0 Å². The minimum atomic E-state index is 0. The summed E-state index contributed by atoms with van der Waals surface area (Å²) in [6.07, 6.45) is 0. The second kappa shape index (κ2) is 4.62. The molecule has 0 aliphatic carbocycles. The molecular weight excluding hydrogens is 263 g/mol. The number of halogens is 2. The first-order chi connectivity index (χ1) is 6.27. The van der Waals surface area contributed by atoms with Crippen molar-refractivity contribution < 1.29 is 0 Å². The van der Waals surface area contributed by atoms with Gasteiger partial charge in [-0.15, -0.1) is 12.4 Å². The fourth-order valence-corrected chi connectivity index (χ4v) is 1.71. The van der Waals surface area contributed by atoms with Gasteiger partial charge in [-0.1, -0.05) is 34.1 Å². The molecule has 0 fully saturated rings. The minimum absolute atomic E-state index is 0. The molecule has 0 amide bonds. The van der Waals surface area contributed by atoms with Crippen LogP contribution in [0.25, 0.3) is 11.3 Å². The van der Waals surface area contributed by atoms with E-state index < -0.39 is 0 Å². The second-order valence-electron chi connectivity index (χ2n) is 2.92. The van der Waals surface area contributed by atoms with Crippen LogP contribution in [0.3, 0.4) is 0 Å². The highest BCUT2D eigenvalue weighted by molar-refractivity contribution is 9.10. The van der Waals surface area contributed by atoms with Gasteiger partial charge in [0.05, 0.1) is 5.69 Å². The van der Waals surface area contributed by atoms with Crippen LogP contribution in [0, 0.1) is 6.92 Å². The Bertz CT molecular complexity index is 426. The van der Waals surface area contributed by atoms with Gasteiger partial charge in [0.15, 0.2) is 0 Å². The number of H-pyrrole nitrogens is 1. The molecular formula is C10H10BrClN2. The van der Waals surface area contributed by atoms with Gasteiger partial charge in [0.2, 0.25) is 0 Å². The Hall–Kier alpha value is -0.800. The number of aromatic nitrogens is 2. The number of hydrogen-bond acceptors (Lipinski definition) is 1. The molecule has 0 radical (unpaired) electrons. The monoisotopic (exact) mass is 272 g/mol. The van der Waals surface area contributed by atoms with Crippen LogP contribution in [-0.4, -0.2) is 10.2 Å². The Labute approximate surface area is 97.3 Å². The summed E-state index contributed by atoms with van der Waals surface area (Å²) < 4.78 is 1.07. The van der Waals surface area contributed by atoms with Crippen molar-refractivity contribution >= 4 is 28.3 Å². The fourth-order valence-electron chi connectivity index (χ4n) is 1.22. The third kappa shape index (κ3) is 2.16. The number of nitrogens with one attached hydrogen (secondary N) is 1. The SMILES string of the molecule is Cc1cc(-c2ccccc2Br)n[nH]1.Cl. The average molecular weight is 274 g/mol. The van der Waals surface area contributed by atoms with Crippen molar-refractivity contribution in [3.8, 4) is 11.3 Å². The Kier molecular flexibility index (Phi) is 3.72. The van der Waals surface area contributed by atoms with E-state index >= 15 is 0 Å². The predicted octanol–water partition coefficient (Wildman–Crippen LogP) is 3.57. The van der Waals surface area contributed by atoms with E-state index in [4.69, 9.17) is 0 Å². The van der Waals surface area contributed by atoms with Gasteiger partial charge in [0.25, 0.3) is 0 Å². The number of hydrogen-bond donors (Lipinski definition) is 1. The first-order valence-corrected chi connectivity index (χ1v) is 4.83. The lowest BCUT2D eigenvalue weighted by atomic mass is 10.1. The molecule has 14 heavy (non-hydrogen) atoms. The molecule has 0 bridgehead atoms. The molecule has 74 valence electrons. The van der Waals surface area contributed by atoms with E-state index in [1.165, 1.54) is 0 Å².